The molecule has 0 radical (unpaired) electrons. The van der Waals surface area contributed by atoms with Crippen LogP contribution in [0.25, 0.3) is 0 Å². The van der Waals surface area contributed by atoms with E-state index >= 15 is 0 Å². The van der Waals surface area contributed by atoms with Gasteiger partial charge in [0.2, 0.25) is 0 Å². The third-order valence-corrected chi connectivity index (χ3v) is 4.22. The van der Waals surface area contributed by atoms with Crippen molar-refractivity contribution in [2.24, 2.45) is 11.7 Å². The molecule has 1 aromatic heterocycles. The minimum atomic E-state index is -0.840. The van der Waals surface area contributed by atoms with E-state index in [2.05, 4.69) is 10.3 Å². The predicted octanol–water partition coefficient (Wildman–Crippen LogP) is 2.40. The van der Waals surface area contributed by atoms with Crippen molar-refractivity contribution in [1.29, 1.82) is 0 Å². The summed E-state index contributed by atoms with van der Waals surface area (Å²) in [5.74, 6) is -1.88. The second-order valence-corrected chi connectivity index (χ2v) is 5.87. The van der Waals surface area contributed by atoms with Crippen LogP contribution in [0.3, 0.4) is 0 Å². The van der Waals surface area contributed by atoms with E-state index in [1.807, 2.05) is 4.90 Å². The lowest BCUT2D eigenvalue weighted by atomic mass is 10.1. The molecule has 1 saturated heterocycles. The third kappa shape index (κ3) is 3.45. The summed E-state index contributed by atoms with van der Waals surface area (Å²) in [6, 6.07) is 5.66. The fourth-order valence-electron chi connectivity index (χ4n) is 2.91. The van der Waals surface area contributed by atoms with Crippen molar-refractivity contribution in [2.75, 3.05) is 29.9 Å². The number of benzene rings is 1. The summed E-state index contributed by atoms with van der Waals surface area (Å²) in [5.41, 5.74) is 7.02. The highest BCUT2D eigenvalue weighted by molar-refractivity contribution is 5.98. The van der Waals surface area contributed by atoms with Crippen LogP contribution in [0.1, 0.15) is 16.8 Å². The van der Waals surface area contributed by atoms with E-state index in [0.717, 1.165) is 25.6 Å². The van der Waals surface area contributed by atoms with Gasteiger partial charge in [0.25, 0.3) is 5.91 Å². The van der Waals surface area contributed by atoms with Crippen LogP contribution in [-0.2, 0) is 0 Å². The van der Waals surface area contributed by atoms with E-state index in [-0.39, 0.29) is 0 Å². The largest absolute Gasteiger partial charge is 0.384 e. The average molecular weight is 332 g/mol. The molecule has 3 N–H and O–H groups in total. The number of nitrogens with two attached hydrogens (primary N) is 1. The smallest absolute Gasteiger partial charge is 0.252 e. The second-order valence-electron chi connectivity index (χ2n) is 5.87. The van der Waals surface area contributed by atoms with Crippen LogP contribution >= 0.6 is 0 Å². The van der Waals surface area contributed by atoms with Gasteiger partial charge in [0.1, 0.15) is 0 Å². The van der Waals surface area contributed by atoms with Crippen LogP contribution in [0.2, 0.25) is 0 Å². The maximum absolute atomic E-state index is 13.4. The molecule has 0 spiro atoms. The number of nitrogens with zero attached hydrogens (tertiary/aromatic N) is 2. The van der Waals surface area contributed by atoms with Crippen molar-refractivity contribution < 1.29 is 13.6 Å². The Kier molecular flexibility index (Phi) is 4.59. The molecule has 1 fully saturated rings. The molecule has 1 aliphatic rings. The van der Waals surface area contributed by atoms with Crippen molar-refractivity contribution in [3.05, 3.63) is 53.9 Å². The Bertz CT molecular complexity index is 753. The van der Waals surface area contributed by atoms with E-state index in [1.54, 1.807) is 18.3 Å². The monoisotopic (exact) mass is 332 g/mol. The Balaban J connectivity index is 1.61. The first-order chi connectivity index (χ1) is 11.5. The van der Waals surface area contributed by atoms with Gasteiger partial charge in [-0.1, -0.05) is 0 Å². The number of pyridine rings is 1. The molecule has 0 saturated carbocycles. The zero-order valence-electron chi connectivity index (χ0n) is 13.0. The van der Waals surface area contributed by atoms with Gasteiger partial charge in [-0.05, 0) is 30.5 Å². The molecule has 3 rings (SSSR count). The Labute approximate surface area is 138 Å². The lowest BCUT2D eigenvalue weighted by molar-refractivity contribution is 0.100. The van der Waals surface area contributed by atoms with Gasteiger partial charge >= 0.3 is 0 Å². The van der Waals surface area contributed by atoms with Gasteiger partial charge in [-0.2, -0.15) is 0 Å². The summed E-state index contributed by atoms with van der Waals surface area (Å²) >= 11 is 0. The molecule has 0 unspecified atom stereocenters. The van der Waals surface area contributed by atoms with Gasteiger partial charge in [-0.15, -0.1) is 0 Å². The number of aromatic nitrogens is 1. The highest BCUT2D eigenvalue weighted by atomic mass is 19.2. The van der Waals surface area contributed by atoms with Gasteiger partial charge in [0, 0.05) is 43.8 Å². The maximum atomic E-state index is 13.4. The quantitative estimate of drug-likeness (QED) is 0.882. The summed E-state index contributed by atoms with van der Waals surface area (Å²) < 4.78 is 26.4. The molecule has 126 valence electrons. The summed E-state index contributed by atoms with van der Waals surface area (Å²) in [7, 11) is 0. The Morgan fingerprint density at radius 3 is 2.92 bits per heavy atom. The molecule has 1 atom stereocenters. The molecule has 0 bridgehead atoms. The van der Waals surface area contributed by atoms with E-state index < -0.39 is 17.5 Å². The number of amides is 1. The molecule has 5 nitrogen and oxygen atoms in total. The van der Waals surface area contributed by atoms with Gasteiger partial charge in [0.05, 0.1) is 11.3 Å². The zero-order chi connectivity index (χ0) is 17.1. The number of primary amides is 1. The number of halogens is 2. The summed E-state index contributed by atoms with van der Waals surface area (Å²) in [6.07, 6.45) is 3.95. The van der Waals surface area contributed by atoms with E-state index in [0.29, 0.717) is 29.4 Å². The lowest BCUT2D eigenvalue weighted by Gasteiger charge is -2.19. The number of anilines is 2. The molecule has 1 aromatic carbocycles. The number of hydrogen-bond acceptors (Lipinski definition) is 4. The van der Waals surface area contributed by atoms with Gasteiger partial charge in [0.15, 0.2) is 11.6 Å². The minimum Gasteiger partial charge on any atom is -0.384 e. The van der Waals surface area contributed by atoms with Crippen LogP contribution in [0, 0.1) is 17.6 Å². The average Bonchev–Trinajstić information content (AvgIpc) is 3.04. The Morgan fingerprint density at radius 1 is 1.33 bits per heavy atom. The molecule has 0 aliphatic carbocycles. The SMILES string of the molecule is NC(=O)c1cnccc1NC[C@H]1CCN(c2ccc(F)c(F)c2)C1. The molecule has 7 heteroatoms. The Hall–Kier alpha value is -2.70. The zero-order valence-corrected chi connectivity index (χ0v) is 13.0. The fourth-order valence-corrected chi connectivity index (χ4v) is 2.91. The molecule has 2 heterocycles. The van der Waals surface area contributed by atoms with Gasteiger partial charge in [-0.25, -0.2) is 8.78 Å². The third-order valence-electron chi connectivity index (χ3n) is 4.22. The van der Waals surface area contributed by atoms with E-state index in [9.17, 15) is 13.6 Å². The van der Waals surface area contributed by atoms with E-state index in [1.165, 1.54) is 12.3 Å². The lowest BCUT2D eigenvalue weighted by Crippen LogP contribution is -2.23. The van der Waals surface area contributed by atoms with Crippen LogP contribution in [0.4, 0.5) is 20.2 Å². The Morgan fingerprint density at radius 2 is 2.17 bits per heavy atom. The van der Waals surface area contributed by atoms with Gasteiger partial charge < -0.3 is 16.0 Å². The molecule has 24 heavy (non-hydrogen) atoms. The normalized spacial score (nSPS) is 17.1. The number of carbonyl (C=O) groups is 1. The molecular formula is C17H18F2N4O. The van der Waals surface area contributed by atoms with Crippen molar-refractivity contribution in [1.82, 2.24) is 4.98 Å². The highest BCUT2D eigenvalue weighted by Gasteiger charge is 2.23. The van der Waals surface area contributed by atoms with Crippen molar-refractivity contribution in [3.8, 4) is 0 Å². The summed E-state index contributed by atoms with van der Waals surface area (Å²) in [4.78, 5) is 17.3. The predicted molar refractivity (Wildman–Crippen MR) is 87.9 cm³/mol. The standard InChI is InChI=1S/C17H18F2N4O/c18-14-2-1-12(7-15(14)19)23-6-4-11(10-23)8-22-16-3-5-21-9-13(16)17(20)24/h1-3,5,7,9,11H,4,6,8,10H2,(H2,20,24)(H,21,22)/t11-/m1/s1. The maximum Gasteiger partial charge on any atom is 0.252 e. The van der Waals surface area contributed by atoms with Crippen molar-refractivity contribution in [2.45, 2.75) is 6.42 Å². The van der Waals surface area contributed by atoms with E-state index in [4.69, 9.17) is 5.73 Å². The molecule has 1 amide bonds. The fraction of sp³-hybridized carbons (Fsp3) is 0.294. The molecular weight excluding hydrogens is 314 g/mol. The number of nitrogens with one attached hydrogen (secondary N) is 1. The van der Waals surface area contributed by atoms with Crippen LogP contribution in [0.15, 0.2) is 36.7 Å². The van der Waals surface area contributed by atoms with Crippen molar-refractivity contribution in [3.63, 3.8) is 0 Å². The number of carbonyl (C=O) groups excluding carboxylic acids is 1. The number of rotatable bonds is 5. The van der Waals surface area contributed by atoms with Crippen molar-refractivity contribution >= 4 is 17.3 Å². The summed E-state index contributed by atoms with van der Waals surface area (Å²) in [6.45, 7) is 2.16. The van der Waals surface area contributed by atoms with Crippen LogP contribution in [-0.4, -0.2) is 30.5 Å². The van der Waals surface area contributed by atoms with Gasteiger partial charge in [-0.3, -0.25) is 9.78 Å². The van der Waals surface area contributed by atoms with Crippen LogP contribution < -0.4 is 16.0 Å². The summed E-state index contributed by atoms with van der Waals surface area (Å²) in [5, 5.41) is 3.23. The molecule has 2 aromatic rings. The first-order valence-electron chi connectivity index (χ1n) is 7.72. The highest BCUT2D eigenvalue weighted by Crippen LogP contribution is 2.26. The number of hydrogen-bond donors (Lipinski definition) is 2. The van der Waals surface area contributed by atoms with Crippen LogP contribution in [0.5, 0.6) is 0 Å². The topological polar surface area (TPSA) is 71.2 Å². The minimum absolute atomic E-state index is 0.326. The first-order valence-corrected chi connectivity index (χ1v) is 7.72. The second kappa shape index (κ2) is 6.82. The molecule has 1 aliphatic heterocycles. The first kappa shape index (κ1) is 16.2.